The average Bonchev–Trinajstić information content (AvgIpc) is 2.67. The summed E-state index contributed by atoms with van der Waals surface area (Å²) in [6.45, 7) is 10.1. The molecular formula is C8H9N3OS. The lowest BCUT2D eigenvalue weighted by molar-refractivity contribution is 0.122. The molecule has 1 saturated heterocycles. The molecule has 1 aromatic rings. The van der Waals surface area contributed by atoms with Crippen molar-refractivity contribution in [2.75, 3.05) is 31.2 Å². The summed E-state index contributed by atoms with van der Waals surface area (Å²) < 4.78 is 5.23. The molecule has 0 unspecified atom stereocenters. The van der Waals surface area contributed by atoms with E-state index in [1.54, 1.807) is 6.20 Å². The third-order valence-corrected chi connectivity index (χ3v) is 2.83. The lowest BCUT2D eigenvalue weighted by Crippen LogP contribution is -2.36. The minimum Gasteiger partial charge on any atom is -0.378 e. The van der Waals surface area contributed by atoms with Gasteiger partial charge in [-0.3, -0.25) is 0 Å². The standard InChI is InChI=1S/C8H9N3OS/c1-9-7-6-10-8(13-7)11-2-4-12-5-3-11/h6H,2-5H2. The fourth-order valence-corrected chi connectivity index (χ4v) is 1.96. The molecule has 0 saturated carbocycles. The maximum absolute atomic E-state index is 6.82. The van der Waals surface area contributed by atoms with Crippen molar-refractivity contribution in [3.8, 4) is 0 Å². The number of nitrogens with zero attached hydrogens (tertiary/aromatic N) is 3. The van der Waals surface area contributed by atoms with Crippen LogP contribution in [0.3, 0.4) is 0 Å². The van der Waals surface area contributed by atoms with Crippen molar-refractivity contribution in [3.05, 3.63) is 17.6 Å². The van der Waals surface area contributed by atoms with Gasteiger partial charge in [-0.15, -0.1) is 11.3 Å². The first kappa shape index (κ1) is 8.48. The zero-order valence-electron chi connectivity index (χ0n) is 7.06. The van der Waals surface area contributed by atoms with Crippen LogP contribution in [-0.2, 0) is 4.74 Å². The van der Waals surface area contributed by atoms with Crippen LogP contribution in [0.2, 0.25) is 0 Å². The molecule has 0 atom stereocenters. The van der Waals surface area contributed by atoms with Crippen molar-refractivity contribution in [1.29, 1.82) is 0 Å². The summed E-state index contributed by atoms with van der Waals surface area (Å²) in [6.07, 6.45) is 1.63. The van der Waals surface area contributed by atoms with Crippen LogP contribution < -0.4 is 4.90 Å². The van der Waals surface area contributed by atoms with Gasteiger partial charge >= 0.3 is 0 Å². The number of aromatic nitrogens is 1. The quantitative estimate of drug-likeness (QED) is 0.636. The zero-order valence-corrected chi connectivity index (χ0v) is 7.88. The van der Waals surface area contributed by atoms with E-state index >= 15 is 0 Å². The Bertz CT molecular complexity index is 324. The van der Waals surface area contributed by atoms with E-state index in [4.69, 9.17) is 11.3 Å². The molecule has 0 aromatic carbocycles. The van der Waals surface area contributed by atoms with Crippen LogP contribution in [-0.4, -0.2) is 31.3 Å². The summed E-state index contributed by atoms with van der Waals surface area (Å²) in [7, 11) is 0. The molecule has 68 valence electrons. The molecule has 5 heteroatoms. The summed E-state index contributed by atoms with van der Waals surface area (Å²) >= 11 is 1.44. The zero-order chi connectivity index (χ0) is 9.10. The molecule has 1 aliphatic rings. The summed E-state index contributed by atoms with van der Waals surface area (Å²) in [4.78, 5) is 9.68. The van der Waals surface area contributed by atoms with Gasteiger partial charge in [0.25, 0.3) is 5.00 Å². The Morgan fingerprint density at radius 3 is 2.92 bits per heavy atom. The van der Waals surface area contributed by atoms with Crippen molar-refractivity contribution in [2.45, 2.75) is 0 Å². The lowest BCUT2D eigenvalue weighted by atomic mass is 10.5. The maximum atomic E-state index is 6.82. The van der Waals surface area contributed by atoms with Crippen LogP contribution in [0.25, 0.3) is 4.85 Å². The van der Waals surface area contributed by atoms with E-state index in [0.29, 0.717) is 5.00 Å². The van der Waals surface area contributed by atoms with Gasteiger partial charge in [-0.05, 0) is 0 Å². The van der Waals surface area contributed by atoms with E-state index in [-0.39, 0.29) is 0 Å². The molecule has 0 amide bonds. The SMILES string of the molecule is [C-]#[N+]c1cnc(N2CCOCC2)s1. The van der Waals surface area contributed by atoms with Gasteiger partial charge < -0.3 is 9.64 Å². The summed E-state index contributed by atoms with van der Waals surface area (Å²) in [6, 6.07) is 0. The van der Waals surface area contributed by atoms with Crippen LogP contribution >= 0.6 is 11.3 Å². The third-order valence-electron chi connectivity index (χ3n) is 1.87. The number of rotatable bonds is 1. The molecule has 2 heterocycles. The Morgan fingerprint density at radius 1 is 1.54 bits per heavy atom. The van der Waals surface area contributed by atoms with E-state index in [0.717, 1.165) is 31.4 Å². The third kappa shape index (κ3) is 1.79. The molecule has 0 spiro atoms. The Kier molecular flexibility index (Phi) is 2.43. The van der Waals surface area contributed by atoms with Crippen LogP contribution in [0, 0.1) is 6.57 Å². The van der Waals surface area contributed by atoms with Crippen molar-refractivity contribution >= 4 is 21.5 Å². The molecule has 0 N–H and O–H groups in total. The highest BCUT2D eigenvalue weighted by Gasteiger charge is 2.13. The molecule has 0 aliphatic carbocycles. The highest BCUT2D eigenvalue weighted by atomic mass is 32.1. The number of thiazole rings is 1. The maximum Gasteiger partial charge on any atom is 0.262 e. The van der Waals surface area contributed by atoms with Crippen LogP contribution in [0.5, 0.6) is 0 Å². The molecule has 2 rings (SSSR count). The van der Waals surface area contributed by atoms with Gasteiger partial charge in [0.1, 0.15) is 0 Å². The monoisotopic (exact) mass is 195 g/mol. The predicted octanol–water partition coefficient (Wildman–Crippen LogP) is 1.53. The number of morpholine rings is 1. The fraction of sp³-hybridized carbons (Fsp3) is 0.500. The van der Waals surface area contributed by atoms with E-state index in [2.05, 4.69) is 14.7 Å². The Labute approximate surface area is 80.6 Å². The summed E-state index contributed by atoms with van der Waals surface area (Å²) in [5.74, 6) is 0. The van der Waals surface area contributed by atoms with Gasteiger partial charge in [-0.25, -0.2) is 9.83 Å². The summed E-state index contributed by atoms with van der Waals surface area (Å²) in [5.41, 5.74) is 0. The molecule has 4 nitrogen and oxygen atoms in total. The van der Waals surface area contributed by atoms with Crippen molar-refractivity contribution in [3.63, 3.8) is 0 Å². The van der Waals surface area contributed by atoms with Crippen molar-refractivity contribution < 1.29 is 4.74 Å². The largest absolute Gasteiger partial charge is 0.378 e. The highest BCUT2D eigenvalue weighted by Crippen LogP contribution is 2.28. The Hall–Kier alpha value is -1.12. The lowest BCUT2D eigenvalue weighted by Gasteiger charge is -2.26. The van der Waals surface area contributed by atoms with Gasteiger partial charge in [-0.2, -0.15) is 0 Å². The second-order valence-electron chi connectivity index (χ2n) is 2.69. The summed E-state index contributed by atoms with van der Waals surface area (Å²) in [5, 5.41) is 1.59. The number of anilines is 1. The highest BCUT2D eigenvalue weighted by molar-refractivity contribution is 7.19. The first-order valence-electron chi connectivity index (χ1n) is 4.06. The van der Waals surface area contributed by atoms with Gasteiger partial charge in [0.2, 0.25) is 0 Å². The molecular weight excluding hydrogens is 186 g/mol. The molecule has 1 fully saturated rings. The molecule has 1 aliphatic heterocycles. The normalized spacial score (nSPS) is 17.0. The van der Waals surface area contributed by atoms with Gasteiger partial charge in [0.05, 0.1) is 19.8 Å². The number of hydrogen-bond acceptors (Lipinski definition) is 4. The second kappa shape index (κ2) is 3.73. The number of hydrogen-bond donors (Lipinski definition) is 0. The van der Waals surface area contributed by atoms with E-state index in [1.807, 2.05) is 0 Å². The second-order valence-corrected chi connectivity index (χ2v) is 3.68. The predicted molar refractivity (Wildman–Crippen MR) is 51.4 cm³/mol. The van der Waals surface area contributed by atoms with Crippen LogP contribution in [0.1, 0.15) is 0 Å². The Balaban J connectivity index is 2.11. The smallest absolute Gasteiger partial charge is 0.262 e. The minimum absolute atomic E-state index is 0.654. The van der Waals surface area contributed by atoms with Crippen molar-refractivity contribution in [1.82, 2.24) is 4.98 Å². The minimum atomic E-state index is 0.654. The molecule has 1 aromatic heterocycles. The first-order chi connectivity index (χ1) is 6.40. The Morgan fingerprint density at radius 2 is 2.31 bits per heavy atom. The molecule has 0 radical (unpaired) electrons. The van der Waals surface area contributed by atoms with E-state index in [9.17, 15) is 0 Å². The fourth-order valence-electron chi connectivity index (χ4n) is 1.21. The average molecular weight is 195 g/mol. The molecule has 0 bridgehead atoms. The molecule has 13 heavy (non-hydrogen) atoms. The van der Waals surface area contributed by atoms with Crippen LogP contribution in [0.4, 0.5) is 10.1 Å². The van der Waals surface area contributed by atoms with E-state index in [1.165, 1.54) is 11.3 Å². The first-order valence-corrected chi connectivity index (χ1v) is 4.88. The number of ether oxygens (including phenoxy) is 1. The van der Waals surface area contributed by atoms with Gasteiger partial charge in [0, 0.05) is 19.3 Å². The van der Waals surface area contributed by atoms with Crippen LogP contribution in [0.15, 0.2) is 6.20 Å². The topological polar surface area (TPSA) is 29.7 Å². The van der Waals surface area contributed by atoms with E-state index < -0.39 is 0 Å². The van der Waals surface area contributed by atoms with Gasteiger partial charge in [0.15, 0.2) is 5.13 Å². The van der Waals surface area contributed by atoms with Gasteiger partial charge in [-0.1, -0.05) is 0 Å². The van der Waals surface area contributed by atoms with Crippen molar-refractivity contribution in [2.24, 2.45) is 0 Å².